The standard InChI is InChI=1S/C21H28N4O.3C2HF3O2/c1-4-19(5-1)24-11-18(14-26-13-17-3-2-8-22-9-17)21-20(12-24)23-15-25(21)10-16-6-7-16;3*3-2(4,5)1(6)7/h2-3,8-9,15-16,18-19H,1,4-7,10-14H2;3*(H,6,7). The highest BCUT2D eigenvalue weighted by atomic mass is 19.4. The number of rotatable bonds is 7. The quantitative estimate of drug-likeness (QED) is 0.327. The maximum Gasteiger partial charge on any atom is 0.490 e. The zero-order valence-electron chi connectivity index (χ0n) is 24.4. The third kappa shape index (κ3) is 13.8. The van der Waals surface area contributed by atoms with E-state index in [0.29, 0.717) is 12.5 Å². The molecule has 0 aromatic carbocycles. The van der Waals surface area contributed by atoms with Crippen LogP contribution in [0.4, 0.5) is 39.5 Å². The van der Waals surface area contributed by atoms with E-state index in [0.717, 1.165) is 43.8 Å². The van der Waals surface area contributed by atoms with Crippen LogP contribution in [0, 0.1) is 5.92 Å². The second-order valence-corrected chi connectivity index (χ2v) is 10.7. The maximum atomic E-state index is 10.6. The van der Waals surface area contributed by atoms with Gasteiger partial charge in [0.25, 0.3) is 0 Å². The molecule has 47 heavy (non-hydrogen) atoms. The first kappa shape index (κ1) is 39.2. The molecule has 3 aliphatic rings. The van der Waals surface area contributed by atoms with E-state index in [2.05, 4.69) is 26.8 Å². The highest BCUT2D eigenvalue weighted by Gasteiger charge is 2.40. The Bertz CT molecular complexity index is 1250. The summed E-state index contributed by atoms with van der Waals surface area (Å²) in [5.41, 5.74) is 3.88. The molecular formula is C27H31F9N4O7. The number of nitrogens with zero attached hydrogens (tertiary/aromatic N) is 4. The van der Waals surface area contributed by atoms with Crippen LogP contribution in [0.5, 0.6) is 0 Å². The SMILES string of the molecule is O=C(O)C(F)(F)F.O=C(O)C(F)(F)F.O=C(O)C(F)(F)F.c1cncc(COCC2CN(C3CCC3)Cc3ncn(CC4CC4)c32)c1. The van der Waals surface area contributed by atoms with Crippen LogP contribution in [-0.4, -0.2) is 90.4 Å². The molecule has 11 nitrogen and oxygen atoms in total. The number of fused-ring (bicyclic) bond motifs is 1. The highest BCUT2D eigenvalue weighted by molar-refractivity contribution is 5.73. The lowest BCUT2D eigenvalue weighted by atomic mass is 9.88. The van der Waals surface area contributed by atoms with Crippen LogP contribution in [0.25, 0.3) is 0 Å². The molecule has 2 aliphatic carbocycles. The molecule has 0 saturated heterocycles. The minimum Gasteiger partial charge on any atom is -0.475 e. The molecule has 3 N–H and O–H groups in total. The van der Waals surface area contributed by atoms with Crippen molar-refractivity contribution >= 4 is 17.9 Å². The lowest BCUT2D eigenvalue weighted by Crippen LogP contribution is -2.45. The van der Waals surface area contributed by atoms with E-state index in [9.17, 15) is 39.5 Å². The van der Waals surface area contributed by atoms with Crippen molar-refractivity contribution in [3.05, 3.63) is 47.8 Å². The summed E-state index contributed by atoms with van der Waals surface area (Å²) in [4.78, 5) is 38.3. The van der Waals surface area contributed by atoms with E-state index < -0.39 is 36.4 Å². The predicted octanol–water partition coefficient (Wildman–Crippen LogP) is 5.26. The lowest BCUT2D eigenvalue weighted by molar-refractivity contribution is -0.193. The van der Waals surface area contributed by atoms with E-state index in [4.69, 9.17) is 39.4 Å². The summed E-state index contributed by atoms with van der Waals surface area (Å²) < 4.78 is 104. The van der Waals surface area contributed by atoms with Crippen LogP contribution in [0.15, 0.2) is 30.9 Å². The Morgan fingerprint density at radius 3 is 1.81 bits per heavy atom. The monoisotopic (exact) mass is 694 g/mol. The first-order valence-corrected chi connectivity index (χ1v) is 13.8. The van der Waals surface area contributed by atoms with Gasteiger partial charge in [-0.15, -0.1) is 0 Å². The van der Waals surface area contributed by atoms with E-state index in [1.165, 1.54) is 43.5 Å². The first-order valence-electron chi connectivity index (χ1n) is 13.8. The van der Waals surface area contributed by atoms with Gasteiger partial charge in [-0.05, 0) is 43.2 Å². The Balaban J connectivity index is 0.000000301. The summed E-state index contributed by atoms with van der Waals surface area (Å²) in [7, 11) is 0. The number of hydrogen-bond acceptors (Lipinski definition) is 7. The molecule has 1 atom stereocenters. The lowest BCUT2D eigenvalue weighted by Gasteiger charge is -2.42. The van der Waals surface area contributed by atoms with Crippen LogP contribution in [0.2, 0.25) is 0 Å². The first-order chi connectivity index (χ1) is 21.7. The van der Waals surface area contributed by atoms with Crippen molar-refractivity contribution in [2.45, 2.75) is 82.3 Å². The van der Waals surface area contributed by atoms with Gasteiger partial charge in [0, 0.05) is 49.7 Å². The van der Waals surface area contributed by atoms with Crippen LogP contribution in [0.3, 0.4) is 0 Å². The van der Waals surface area contributed by atoms with Gasteiger partial charge in [-0.25, -0.2) is 19.4 Å². The largest absolute Gasteiger partial charge is 0.490 e. The second kappa shape index (κ2) is 16.8. The number of hydrogen-bond donors (Lipinski definition) is 3. The number of imidazole rings is 1. The summed E-state index contributed by atoms with van der Waals surface area (Å²) >= 11 is 0. The third-order valence-electron chi connectivity index (χ3n) is 6.93. The van der Waals surface area contributed by atoms with Crippen molar-refractivity contribution in [2.75, 3.05) is 13.2 Å². The molecule has 2 fully saturated rings. The van der Waals surface area contributed by atoms with Crippen molar-refractivity contribution in [3.8, 4) is 0 Å². The third-order valence-corrected chi connectivity index (χ3v) is 6.93. The van der Waals surface area contributed by atoms with Crippen LogP contribution >= 0.6 is 0 Å². The summed E-state index contributed by atoms with van der Waals surface area (Å²) in [6.45, 7) is 4.68. The van der Waals surface area contributed by atoms with E-state index in [-0.39, 0.29) is 0 Å². The summed E-state index contributed by atoms with van der Waals surface area (Å²) in [5, 5.41) is 21.4. The molecule has 0 bridgehead atoms. The van der Waals surface area contributed by atoms with E-state index in [1.807, 2.05) is 18.5 Å². The van der Waals surface area contributed by atoms with E-state index in [1.54, 1.807) is 0 Å². The van der Waals surface area contributed by atoms with Crippen molar-refractivity contribution < 1.29 is 74.0 Å². The Kier molecular flexibility index (Phi) is 14.0. The fraction of sp³-hybridized carbons (Fsp3) is 0.593. The Morgan fingerprint density at radius 2 is 1.40 bits per heavy atom. The van der Waals surface area contributed by atoms with Crippen LogP contribution in [0.1, 0.15) is 55.0 Å². The highest BCUT2D eigenvalue weighted by Crippen LogP contribution is 2.37. The molecule has 5 rings (SSSR count). The molecule has 264 valence electrons. The normalized spacial score (nSPS) is 18.1. The number of alkyl halides is 9. The maximum absolute atomic E-state index is 10.6. The van der Waals surface area contributed by atoms with Gasteiger partial charge in [0.1, 0.15) is 0 Å². The summed E-state index contributed by atoms with van der Waals surface area (Å²) in [6, 6.07) is 4.81. The zero-order chi connectivity index (χ0) is 35.6. The van der Waals surface area contributed by atoms with Gasteiger partial charge in [-0.1, -0.05) is 12.5 Å². The fourth-order valence-electron chi connectivity index (χ4n) is 4.34. The summed E-state index contributed by atoms with van der Waals surface area (Å²) in [5.74, 6) is -6.97. The van der Waals surface area contributed by atoms with Gasteiger partial charge >= 0.3 is 36.4 Å². The predicted molar refractivity (Wildman–Crippen MR) is 141 cm³/mol. The van der Waals surface area contributed by atoms with Gasteiger partial charge in [-0.3, -0.25) is 9.88 Å². The number of ether oxygens (including phenoxy) is 1. The molecular weight excluding hydrogens is 663 g/mol. The molecule has 2 aromatic rings. The summed E-state index contributed by atoms with van der Waals surface area (Å²) in [6.07, 6.45) is -2.63. The Labute approximate surface area is 261 Å². The van der Waals surface area contributed by atoms with Gasteiger partial charge in [0.15, 0.2) is 0 Å². The van der Waals surface area contributed by atoms with Gasteiger partial charge in [0.05, 0.1) is 25.2 Å². The molecule has 0 radical (unpaired) electrons. The number of carboxylic acid groups (broad SMARTS) is 3. The Morgan fingerprint density at radius 1 is 0.872 bits per heavy atom. The van der Waals surface area contributed by atoms with Crippen molar-refractivity contribution in [2.24, 2.45) is 5.92 Å². The average molecular weight is 695 g/mol. The van der Waals surface area contributed by atoms with Gasteiger partial charge in [-0.2, -0.15) is 39.5 Å². The number of pyridine rings is 1. The number of aromatic nitrogens is 3. The minimum atomic E-state index is -5.08. The zero-order valence-corrected chi connectivity index (χ0v) is 24.4. The topological polar surface area (TPSA) is 155 Å². The van der Waals surface area contributed by atoms with Crippen molar-refractivity contribution in [1.29, 1.82) is 0 Å². The van der Waals surface area contributed by atoms with Gasteiger partial charge in [0.2, 0.25) is 0 Å². The van der Waals surface area contributed by atoms with Crippen LogP contribution in [-0.2, 0) is 38.8 Å². The average Bonchev–Trinajstić information content (AvgIpc) is 3.65. The van der Waals surface area contributed by atoms with Crippen molar-refractivity contribution in [3.63, 3.8) is 0 Å². The smallest absolute Gasteiger partial charge is 0.475 e. The molecule has 2 aromatic heterocycles. The van der Waals surface area contributed by atoms with Crippen molar-refractivity contribution in [1.82, 2.24) is 19.4 Å². The fourth-order valence-corrected chi connectivity index (χ4v) is 4.34. The molecule has 2 saturated carbocycles. The molecule has 0 spiro atoms. The van der Waals surface area contributed by atoms with Gasteiger partial charge < -0.3 is 24.6 Å². The van der Waals surface area contributed by atoms with E-state index >= 15 is 0 Å². The molecule has 3 heterocycles. The number of carbonyl (C=O) groups is 3. The van der Waals surface area contributed by atoms with Crippen LogP contribution < -0.4 is 0 Å². The molecule has 1 aliphatic heterocycles. The number of halogens is 9. The number of carboxylic acids is 3. The molecule has 20 heteroatoms. The number of aliphatic carboxylic acids is 3. The second-order valence-electron chi connectivity index (χ2n) is 10.7. The molecule has 1 unspecified atom stereocenters. The minimum absolute atomic E-state index is 0.428. The Hall–Kier alpha value is -3.94. The molecule has 0 amide bonds.